The topological polar surface area (TPSA) is 61.2 Å². The Kier molecular flexibility index (Phi) is 4.90. The van der Waals surface area contributed by atoms with Gasteiger partial charge in [-0.2, -0.15) is 13.5 Å². The summed E-state index contributed by atoms with van der Waals surface area (Å²) in [5, 5.41) is 4.39. The van der Waals surface area contributed by atoms with Crippen LogP contribution in [-0.4, -0.2) is 18.2 Å². The molecule has 0 N–H and O–H groups in total. The van der Waals surface area contributed by atoms with Gasteiger partial charge in [0.25, 0.3) is 0 Å². The smallest absolute Gasteiger partial charge is 0.342 e. The Bertz CT molecular complexity index is 859. The molecule has 0 unspecified atom stereocenters. The zero-order valence-corrected chi connectivity index (χ0v) is 15.6. The predicted molar refractivity (Wildman–Crippen MR) is 94.9 cm³/mol. The molecule has 0 atom stereocenters. The molecular weight excluding hydrogens is 324 g/mol. The quantitative estimate of drug-likeness (QED) is 0.610. The van der Waals surface area contributed by atoms with Crippen molar-refractivity contribution in [3.8, 4) is 5.75 Å². The zero-order valence-electron chi connectivity index (χ0n) is 14.8. The molecule has 130 valence electrons. The van der Waals surface area contributed by atoms with E-state index in [4.69, 9.17) is 4.18 Å². The Balaban J connectivity index is 2.50. The first kappa shape index (κ1) is 18.3. The van der Waals surface area contributed by atoms with Crippen molar-refractivity contribution >= 4 is 10.1 Å². The summed E-state index contributed by atoms with van der Waals surface area (Å²) in [5.74, 6) is 0.319. The lowest BCUT2D eigenvalue weighted by molar-refractivity contribution is 0.345. The summed E-state index contributed by atoms with van der Waals surface area (Å²) in [6.45, 7) is 13.0. The Morgan fingerprint density at radius 1 is 1.25 bits per heavy atom. The normalized spacial score (nSPS) is 12.2. The summed E-state index contributed by atoms with van der Waals surface area (Å²) in [7, 11) is -3.97. The van der Waals surface area contributed by atoms with Gasteiger partial charge in [0.1, 0.15) is 10.6 Å². The van der Waals surface area contributed by atoms with Crippen LogP contribution < -0.4 is 4.18 Å². The second-order valence-electron chi connectivity index (χ2n) is 6.72. The minimum absolute atomic E-state index is 0.130. The van der Waals surface area contributed by atoms with E-state index in [0.717, 1.165) is 5.56 Å². The molecule has 0 aliphatic rings. The highest BCUT2D eigenvalue weighted by atomic mass is 32.2. The van der Waals surface area contributed by atoms with Gasteiger partial charge >= 0.3 is 10.1 Å². The molecule has 0 aliphatic heterocycles. The fourth-order valence-corrected chi connectivity index (χ4v) is 4.05. The third kappa shape index (κ3) is 3.53. The van der Waals surface area contributed by atoms with Gasteiger partial charge in [0, 0.05) is 0 Å². The van der Waals surface area contributed by atoms with Crippen molar-refractivity contribution < 1.29 is 12.6 Å². The first-order chi connectivity index (χ1) is 11.1. The molecule has 0 bridgehead atoms. The van der Waals surface area contributed by atoms with Crippen LogP contribution in [0.2, 0.25) is 0 Å². The van der Waals surface area contributed by atoms with Crippen LogP contribution >= 0.6 is 0 Å². The van der Waals surface area contributed by atoms with E-state index >= 15 is 0 Å². The summed E-state index contributed by atoms with van der Waals surface area (Å²) in [4.78, 5) is 0.130. The highest BCUT2D eigenvalue weighted by Gasteiger charge is 2.30. The minimum atomic E-state index is -3.97. The number of hydrogen-bond donors (Lipinski definition) is 0. The van der Waals surface area contributed by atoms with Crippen LogP contribution in [0.5, 0.6) is 5.75 Å². The number of para-hydroxylation sites is 1. The second-order valence-corrected chi connectivity index (χ2v) is 8.20. The van der Waals surface area contributed by atoms with Gasteiger partial charge in [0.15, 0.2) is 0 Å². The number of aromatic nitrogens is 2. The van der Waals surface area contributed by atoms with Crippen molar-refractivity contribution in [3.05, 3.63) is 53.9 Å². The molecule has 0 amide bonds. The lowest BCUT2D eigenvalue weighted by Crippen LogP contribution is -2.24. The average molecular weight is 348 g/mol. The molecule has 6 heteroatoms. The van der Waals surface area contributed by atoms with Gasteiger partial charge in [-0.3, -0.25) is 4.68 Å². The van der Waals surface area contributed by atoms with Crippen LogP contribution in [0, 0.1) is 13.8 Å². The summed E-state index contributed by atoms with van der Waals surface area (Å²) in [6, 6.07) is 7.06. The van der Waals surface area contributed by atoms with E-state index in [0.29, 0.717) is 23.6 Å². The molecule has 0 aliphatic carbocycles. The summed E-state index contributed by atoms with van der Waals surface area (Å²) < 4.78 is 32.8. The third-order valence-corrected chi connectivity index (χ3v) is 5.14. The van der Waals surface area contributed by atoms with E-state index in [1.54, 1.807) is 36.7 Å². The molecule has 24 heavy (non-hydrogen) atoms. The third-order valence-electron chi connectivity index (χ3n) is 3.65. The van der Waals surface area contributed by atoms with Crippen molar-refractivity contribution in [2.45, 2.75) is 51.5 Å². The molecule has 1 aromatic carbocycles. The molecule has 0 saturated heterocycles. The molecule has 0 radical (unpaired) electrons. The zero-order chi connectivity index (χ0) is 18.1. The van der Waals surface area contributed by atoms with E-state index in [1.807, 2.05) is 32.9 Å². The van der Waals surface area contributed by atoms with Crippen LogP contribution in [-0.2, 0) is 22.1 Å². The van der Waals surface area contributed by atoms with Crippen LogP contribution in [0.3, 0.4) is 0 Å². The number of nitrogens with zero attached hydrogens (tertiary/aromatic N) is 2. The predicted octanol–water partition coefficient (Wildman–Crippen LogP) is 3.75. The highest BCUT2D eigenvalue weighted by molar-refractivity contribution is 7.87. The van der Waals surface area contributed by atoms with Crippen molar-refractivity contribution in [1.29, 1.82) is 0 Å². The van der Waals surface area contributed by atoms with Crippen molar-refractivity contribution in [2.24, 2.45) is 0 Å². The average Bonchev–Trinajstić information content (AvgIpc) is 2.76. The Morgan fingerprint density at radius 2 is 1.88 bits per heavy atom. The summed E-state index contributed by atoms with van der Waals surface area (Å²) in [5.41, 5.74) is 1.46. The van der Waals surface area contributed by atoms with E-state index in [2.05, 4.69) is 11.7 Å². The van der Waals surface area contributed by atoms with Crippen LogP contribution in [0.15, 0.2) is 41.8 Å². The van der Waals surface area contributed by atoms with Crippen LogP contribution in [0.4, 0.5) is 0 Å². The fraction of sp³-hybridized carbons (Fsp3) is 0.389. The first-order valence-electron chi connectivity index (χ1n) is 7.78. The Labute approximate surface area is 144 Å². The summed E-state index contributed by atoms with van der Waals surface area (Å²) in [6.07, 6.45) is 2.24. The molecule has 0 fully saturated rings. The molecule has 0 spiro atoms. The second kappa shape index (κ2) is 6.43. The molecule has 1 aromatic heterocycles. The van der Waals surface area contributed by atoms with Gasteiger partial charge < -0.3 is 4.18 Å². The van der Waals surface area contributed by atoms with Crippen LogP contribution in [0.1, 0.15) is 37.7 Å². The van der Waals surface area contributed by atoms with Gasteiger partial charge in [-0.25, -0.2) is 0 Å². The molecule has 0 saturated carbocycles. The van der Waals surface area contributed by atoms with Gasteiger partial charge in [-0.1, -0.05) is 24.3 Å². The Hall–Kier alpha value is -2.08. The van der Waals surface area contributed by atoms with Gasteiger partial charge in [-0.15, -0.1) is 6.58 Å². The Morgan fingerprint density at radius 3 is 2.42 bits per heavy atom. The number of rotatable bonds is 5. The van der Waals surface area contributed by atoms with Gasteiger partial charge in [-0.05, 0) is 52.7 Å². The number of allylic oxidation sites excluding steroid dienone is 1. The fourth-order valence-electron chi connectivity index (χ4n) is 2.71. The summed E-state index contributed by atoms with van der Waals surface area (Å²) >= 11 is 0. The van der Waals surface area contributed by atoms with E-state index in [-0.39, 0.29) is 10.4 Å². The largest absolute Gasteiger partial charge is 0.379 e. The maximum atomic E-state index is 12.8. The van der Waals surface area contributed by atoms with Gasteiger partial charge in [0.2, 0.25) is 0 Å². The van der Waals surface area contributed by atoms with Crippen molar-refractivity contribution in [1.82, 2.24) is 9.78 Å². The van der Waals surface area contributed by atoms with Crippen LogP contribution in [0.25, 0.3) is 0 Å². The minimum Gasteiger partial charge on any atom is -0.379 e. The molecular formula is C18H24N2O3S. The highest BCUT2D eigenvalue weighted by Crippen LogP contribution is 2.29. The lowest BCUT2D eigenvalue weighted by atomic mass is 10.1. The molecule has 2 aromatic rings. The van der Waals surface area contributed by atoms with Crippen molar-refractivity contribution in [3.63, 3.8) is 0 Å². The van der Waals surface area contributed by atoms with E-state index in [1.165, 1.54) is 0 Å². The number of hydrogen-bond acceptors (Lipinski definition) is 4. The maximum absolute atomic E-state index is 12.8. The number of benzene rings is 1. The maximum Gasteiger partial charge on any atom is 0.342 e. The first-order valence-corrected chi connectivity index (χ1v) is 9.18. The van der Waals surface area contributed by atoms with Gasteiger partial charge in [0.05, 0.1) is 16.9 Å². The number of aryl methyl sites for hydroxylation is 1. The van der Waals surface area contributed by atoms with E-state index < -0.39 is 10.1 Å². The molecule has 5 nitrogen and oxygen atoms in total. The monoisotopic (exact) mass is 348 g/mol. The lowest BCUT2D eigenvalue weighted by Gasteiger charge is -2.21. The SMILES string of the molecule is C=CCc1ccccc1OS(=O)(=O)c1c(C)nn(C(C)(C)C)c1C. The van der Waals surface area contributed by atoms with E-state index in [9.17, 15) is 8.42 Å². The standard InChI is InChI=1S/C18H24N2O3S/c1-7-10-15-11-8-9-12-16(15)23-24(21,22)17-13(2)19-20(14(17)3)18(4,5)6/h7-9,11-12H,1,10H2,2-6H3. The van der Waals surface area contributed by atoms with Crippen molar-refractivity contribution in [2.75, 3.05) is 0 Å². The molecule has 1 heterocycles. The molecule has 2 rings (SSSR count).